The number of aromatic nitrogens is 1. The standard InChI is InChI=1S/C13H16N2O5/c1-3-10(16)20-7-9(13(18)19)15-12(17)11-8(2)5-4-6-14-11/h4-6,9H,3,7H2,1-2H3,(H,15,17)(H,18,19)/t9-/m0/s1. The number of carboxylic acid groups (broad SMARTS) is 1. The summed E-state index contributed by atoms with van der Waals surface area (Å²) in [4.78, 5) is 37.8. The van der Waals surface area contributed by atoms with E-state index in [4.69, 9.17) is 9.84 Å². The molecule has 0 radical (unpaired) electrons. The van der Waals surface area contributed by atoms with Gasteiger partial charge >= 0.3 is 11.9 Å². The van der Waals surface area contributed by atoms with Crippen molar-refractivity contribution >= 4 is 17.8 Å². The average Bonchev–Trinajstić information content (AvgIpc) is 2.42. The highest BCUT2D eigenvalue weighted by Crippen LogP contribution is 2.03. The van der Waals surface area contributed by atoms with Crippen molar-refractivity contribution in [1.82, 2.24) is 10.3 Å². The van der Waals surface area contributed by atoms with Gasteiger partial charge in [0, 0.05) is 12.6 Å². The lowest BCUT2D eigenvalue weighted by molar-refractivity contribution is -0.148. The normalized spacial score (nSPS) is 11.5. The van der Waals surface area contributed by atoms with E-state index in [0.717, 1.165) is 0 Å². The summed E-state index contributed by atoms with van der Waals surface area (Å²) in [6.45, 7) is 2.86. The Morgan fingerprint density at radius 3 is 2.70 bits per heavy atom. The number of nitrogens with one attached hydrogen (secondary N) is 1. The molecule has 7 nitrogen and oxygen atoms in total. The number of aryl methyl sites for hydroxylation is 1. The number of aliphatic carboxylic acids is 1. The molecule has 20 heavy (non-hydrogen) atoms. The second kappa shape index (κ2) is 7.22. The summed E-state index contributed by atoms with van der Waals surface area (Å²) in [7, 11) is 0. The monoisotopic (exact) mass is 280 g/mol. The summed E-state index contributed by atoms with van der Waals surface area (Å²) in [6.07, 6.45) is 1.58. The number of carbonyl (C=O) groups excluding carboxylic acids is 2. The Hall–Kier alpha value is -2.44. The van der Waals surface area contributed by atoms with Crippen molar-refractivity contribution in [2.45, 2.75) is 26.3 Å². The van der Waals surface area contributed by atoms with E-state index in [1.807, 2.05) is 0 Å². The predicted octanol–water partition coefficient (Wildman–Crippen LogP) is 0.526. The van der Waals surface area contributed by atoms with Gasteiger partial charge in [0.1, 0.15) is 12.3 Å². The van der Waals surface area contributed by atoms with E-state index < -0.39 is 30.5 Å². The molecule has 0 aliphatic heterocycles. The van der Waals surface area contributed by atoms with Gasteiger partial charge in [0.05, 0.1) is 0 Å². The van der Waals surface area contributed by atoms with E-state index in [2.05, 4.69) is 10.3 Å². The lowest BCUT2D eigenvalue weighted by Gasteiger charge is -2.14. The number of hydrogen-bond donors (Lipinski definition) is 2. The number of nitrogens with zero attached hydrogens (tertiary/aromatic N) is 1. The third kappa shape index (κ3) is 4.34. The number of hydrogen-bond acceptors (Lipinski definition) is 5. The summed E-state index contributed by atoms with van der Waals surface area (Å²) >= 11 is 0. The largest absolute Gasteiger partial charge is 0.480 e. The Bertz CT molecular complexity index is 515. The van der Waals surface area contributed by atoms with E-state index in [-0.39, 0.29) is 12.1 Å². The Balaban J connectivity index is 2.71. The summed E-state index contributed by atoms with van der Waals surface area (Å²) < 4.78 is 4.73. The minimum Gasteiger partial charge on any atom is -0.480 e. The first-order valence-corrected chi connectivity index (χ1v) is 6.06. The molecule has 7 heteroatoms. The summed E-state index contributed by atoms with van der Waals surface area (Å²) in [6, 6.07) is 2.05. The number of esters is 1. The number of pyridine rings is 1. The first kappa shape index (κ1) is 15.6. The molecule has 0 saturated heterocycles. The van der Waals surface area contributed by atoms with Gasteiger partial charge in [-0.1, -0.05) is 13.0 Å². The van der Waals surface area contributed by atoms with Crippen molar-refractivity contribution in [2.75, 3.05) is 6.61 Å². The smallest absolute Gasteiger partial charge is 0.329 e. The van der Waals surface area contributed by atoms with Crippen LogP contribution in [0.15, 0.2) is 18.3 Å². The van der Waals surface area contributed by atoms with Gasteiger partial charge in [0.15, 0.2) is 6.04 Å². The van der Waals surface area contributed by atoms with Gasteiger partial charge in [-0.05, 0) is 18.6 Å². The van der Waals surface area contributed by atoms with Crippen LogP contribution in [0.2, 0.25) is 0 Å². The fraction of sp³-hybridized carbons (Fsp3) is 0.385. The van der Waals surface area contributed by atoms with Gasteiger partial charge in [-0.2, -0.15) is 0 Å². The molecule has 1 aromatic heterocycles. The molecule has 0 aromatic carbocycles. The zero-order valence-corrected chi connectivity index (χ0v) is 11.3. The van der Waals surface area contributed by atoms with E-state index in [1.54, 1.807) is 26.0 Å². The molecule has 1 rings (SSSR count). The second-order valence-corrected chi connectivity index (χ2v) is 4.07. The maximum atomic E-state index is 11.9. The molecule has 0 unspecified atom stereocenters. The van der Waals surface area contributed by atoms with E-state index in [1.165, 1.54) is 6.20 Å². The van der Waals surface area contributed by atoms with Crippen LogP contribution in [0.4, 0.5) is 0 Å². The first-order valence-electron chi connectivity index (χ1n) is 6.06. The van der Waals surface area contributed by atoms with Crippen molar-refractivity contribution < 1.29 is 24.2 Å². The van der Waals surface area contributed by atoms with Crippen LogP contribution in [-0.2, 0) is 14.3 Å². The maximum absolute atomic E-state index is 11.9. The molecule has 0 fully saturated rings. The van der Waals surface area contributed by atoms with Crippen LogP contribution in [0.5, 0.6) is 0 Å². The predicted molar refractivity (Wildman–Crippen MR) is 69.1 cm³/mol. The molecule has 0 bridgehead atoms. The summed E-state index contributed by atoms with van der Waals surface area (Å²) in [5, 5.41) is 11.3. The van der Waals surface area contributed by atoms with Crippen molar-refractivity contribution in [3.63, 3.8) is 0 Å². The Labute approximate surface area is 116 Å². The van der Waals surface area contributed by atoms with E-state index >= 15 is 0 Å². The highest BCUT2D eigenvalue weighted by atomic mass is 16.5. The quantitative estimate of drug-likeness (QED) is 0.736. The van der Waals surface area contributed by atoms with Crippen LogP contribution in [0.1, 0.15) is 29.4 Å². The molecule has 0 aliphatic rings. The van der Waals surface area contributed by atoms with E-state index in [0.29, 0.717) is 5.56 Å². The van der Waals surface area contributed by atoms with Gasteiger partial charge in [-0.25, -0.2) is 4.79 Å². The Morgan fingerprint density at radius 2 is 2.15 bits per heavy atom. The number of carboxylic acids is 1. The lowest BCUT2D eigenvalue weighted by Crippen LogP contribution is -2.44. The molecular formula is C13H16N2O5. The SMILES string of the molecule is CCC(=O)OC[C@H](NC(=O)c1ncccc1C)C(=O)O. The fourth-order valence-electron chi connectivity index (χ4n) is 1.40. The summed E-state index contributed by atoms with van der Waals surface area (Å²) in [5.74, 6) is -2.43. The molecule has 0 spiro atoms. The lowest BCUT2D eigenvalue weighted by atomic mass is 10.2. The fourth-order valence-corrected chi connectivity index (χ4v) is 1.40. The van der Waals surface area contributed by atoms with Gasteiger partial charge in [0.2, 0.25) is 0 Å². The Morgan fingerprint density at radius 1 is 1.45 bits per heavy atom. The number of amides is 1. The molecule has 1 heterocycles. The molecule has 1 atom stereocenters. The highest BCUT2D eigenvalue weighted by molar-refractivity contribution is 5.96. The van der Waals surface area contributed by atoms with Crippen LogP contribution in [0.25, 0.3) is 0 Å². The second-order valence-electron chi connectivity index (χ2n) is 4.07. The van der Waals surface area contributed by atoms with Crippen molar-refractivity contribution in [3.8, 4) is 0 Å². The van der Waals surface area contributed by atoms with Gasteiger partial charge < -0.3 is 15.2 Å². The van der Waals surface area contributed by atoms with Crippen molar-refractivity contribution in [1.29, 1.82) is 0 Å². The molecular weight excluding hydrogens is 264 g/mol. The number of carbonyl (C=O) groups is 3. The Kier molecular flexibility index (Phi) is 5.64. The molecule has 108 valence electrons. The third-order valence-corrected chi connectivity index (χ3v) is 2.53. The zero-order valence-electron chi connectivity index (χ0n) is 11.3. The van der Waals surface area contributed by atoms with Crippen molar-refractivity contribution in [2.24, 2.45) is 0 Å². The van der Waals surface area contributed by atoms with Crippen molar-refractivity contribution in [3.05, 3.63) is 29.6 Å². The van der Waals surface area contributed by atoms with E-state index in [9.17, 15) is 14.4 Å². The molecule has 2 N–H and O–H groups in total. The first-order chi connectivity index (χ1) is 9.45. The van der Waals surface area contributed by atoms with Crippen LogP contribution in [-0.4, -0.2) is 40.6 Å². The van der Waals surface area contributed by atoms with Gasteiger partial charge in [-0.3, -0.25) is 14.6 Å². The molecule has 1 aromatic rings. The summed E-state index contributed by atoms with van der Waals surface area (Å²) in [5.41, 5.74) is 0.764. The third-order valence-electron chi connectivity index (χ3n) is 2.53. The minimum atomic E-state index is -1.31. The number of ether oxygens (including phenoxy) is 1. The van der Waals surface area contributed by atoms with Crippen LogP contribution < -0.4 is 5.32 Å². The highest BCUT2D eigenvalue weighted by Gasteiger charge is 2.23. The average molecular weight is 280 g/mol. The zero-order chi connectivity index (χ0) is 15.1. The van der Waals surface area contributed by atoms with Crippen LogP contribution in [0.3, 0.4) is 0 Å². The van der Waals surface area contributed by atoms with Crippen LogP contribution >= 0.6 is 0 Å². The molecule has 1 amide bonds. The molecule has 0 aliphatic carbocycles. The minimum absolute atomic E-state index is 0.139. The maximum Gasteiger partial charge on any atom is 0.329 e. The molecule has 0 saturated carbocycles. The number of rotatable bonds is 6. The van der Waals surface area contributed by atoms with Gasteiger partial charge in [0.25, 0.3) is 5.91 Å². The van der Waals surface area contributed by atoms with Crippen LogP contribution in [0, 0.1) is 6.92 Å². The van der Waals surface area contributed by atoms with Gasteiger partial charge in [-0.15, -0.1) is 0 Å². The topological polar surface area (TPSA) is 106 Å².